The number of carbonyl (C=O) groups is 1. The van der Waals surface area contributed by atoms with Crippen LogP contribution in [0.3, 0.4) is 0 Å². The average Bonchev–Trinajstić information content (AvgIpc) is 2.46. The SMILES string of the molecule is O=C=NC1C=CNC(C(=O)OCc2ccccc2)C1. The van der Waals surface area contributed by atoms with Crippen LogP contribution in [0.15, 0.2) is 47.6 Å². The fourth-order valence-electron chi connectivity index (χ4n) is 1.83. The Kier molecular flexibility index (Phi) is 4.48. The van der Waals surface area contributed by atoms with Crippen LogP contribution in [0.1, 0.15) is 12.0 Å². The summed E-state index contributed by atoms with van der Waals surface area (Å²) in [5, 5.41) is 2.90. The highest BCUT2D eigenvalue weighted by molar-refractivity contribution is 5.76. The Morgan fingerprint density at radius 3 is 2.95 bits per heavy atom. The van der Waals surface area contributed by atoms with E-state index in [1.54, 1.807) is 12.3 Å². The zero-order valence-electron chi connectivity index (χ0n) is 10.3. The lowest BCUT2D eigenvalue weighted by atomic mass is 10.0. The zero-order chi connectivity index (χ0) is 13.5. The highest BCUT2D eigenvalue weighted by atomic mass is 16.5. The minimum absolute atomic E-state index is 0.239. The summed E-state index contributed by atoms with van der Waals surface area (Å²) in [7, 11) is 0. The summed E-state index contributed by atoms with van der Waals surface area (Å²) in [5.41, 5.74) is 0.935. The Morgan fingerprint density at radius 2 is 2.21 bits per heavy atom. The molecule has 19 heavy (non-hydrogen) atoms. The van der Waals surface area contributed by atoms with Gasteiger partial charge >= 0.3 is 5.97 Å². The third-order valence-electron chi connectivity index (χ3n) is 2.82. The van der Waals surface area contributed by atoms with Gasteiger partial charge in [-0.1, -0.05) is 30.3 Å². The van der Waals surface area contributed by atoms with Crippen LogP contribution < -0.4 is 5.32 Å². The second-order valence-electron chi connectivity index (χ2n) is 4.20. The fraction of sp³-hybridized carbons (Fsp3) is 0.286. The van der Waals surface area contributed by atoms with Crippen LogP contribution >= 0.6 is 0 Å². The normalized spacial score (nSPS) is 21.1. The highest BCUT2D eigenvalue weighted by Crippen LogP contribution is 2.11. The largest absolute Gasteiger partial charge is 0.459 e. The van der Waals surface area contributed by atoms with Gasteiger partial charge in [-0.2, -0.15) is 4.99 Å². The molecule has 2 rings (SSSR count). The van der Waals surface area contributed by atoms with Gasteiger partial charge in [0.1, 0.15) is 12.6 Å². The van der Waals surface area contributed by atoms with Crippen molar-refractivity contribution < 1.29 is 14.3 Å². The standard InChI is InChI=1S/C14H14N2O3/c17-10-16-12-6-7-15-13(8-12)14(18)19-9-11-4-2-1-3-5-11/h1-7,12-13,15H,8-9H2. The molecule has 5 heteroatoms. The van der Waals surface area contributed by atoms with E-state index in [4.69, 9.17) is 4.74 Å². The van der Waals surface area contributed by atoms with Crippen molar-refractivity contribution in [1.29, 1.82) is 0 Å². The van der Waals surface area contributed by atoms with Crippen LogP contribution in [0.5, 0.6) is 0 Å². The molecule has 0 bridgehead atoms. The van der Waals surface area contributed by atoms with E-state index in [1.165, 1.54) is 6.08 Å². The smallest absolute Gasteiger partial charge is 0.328 e. The molecular formula is C14H14N2O3. The molecule has 0 aliphatic carbocycles. The monoisotopic (exact) mass is 258 g/mol. The summed E-state index contributed by atoms with van der Waals surface area (Å²) >= 11 is 0. The molecule has 1 aromatic carbocycles. The molecule has 1 aliphatic heterocycles. The van der Waals surface area contributed by atoms with Crippen LogP contribution in [0.4, 0.5) is 0 Å². The molecule has 2 atom stereocenters. The van der Waals surface area contributed by atoms with Crippen molar-refractivity contribution >= 4 is 12.0 Å². The van der Waals surface area contributed by atoms with Gasteiger partial charge in [-0.25, -0.2) is 9.59 Å². The van der Waals surface area contributed by atoms with Gasteiger partial charge in [-0.3, -0.25) is 0 Å². The molecule has 1 aromatic rings. The average molecular weight is 258 g/mol. The van der Waals surface area contributed by atoms with Crippen molar-refractivity contribution in [3.63, 3.8) is 0 Å². The Balaban J connectivity index is 1.87. The van der Waals surface area contributed by atoms with Crippen LogP contribution in [0.2, 0.25) is 0 Å². The Morgan fingerprint density at radius 1 is 1.42 bits per heavy atom. The fourth-order valence-corrected chi connectivity index (χ4v) is 1.83. The van der Waals surface area contributed by atoms with Crippen LogP contribution in [-0.2, 0) is 20.9 Å². The van der Waals surface area contributed by atoms with Crippen LogP contribution in [0.25, 0.3) is 0 Å². The third-order valence-corrected chi connectivity index (χ3v) is 2.82. The minimum atomic E-state index is -0.476. The number of carbonyl (C=O) groups excluding carboxylic acids is 2. The number of nitrogens with zero attached hydrogens (tertiary/aromatic N) is 1. The first kappa shape index (κ1) is 13.1. The van der Waals surface area contributed by atoms with E-state index in [-0.39, 0.29) is 18.6 Å². The van der Waals surface area contributed by atoms with Gasteiger partial charge in [-0.15, -0.1) is 0 Å². The van der Waals surface area contributed by atoms with Gasteiger partial charge in [0.2, 0.25) is 6.08 Å². The van der Waals surface area contributed by atoms with Crippen LogP contribution in [-0.4, -0.2) is 24.1 Å². The summed E-state index contributed by atoms with van der Waals surface area (Å²) < 4.78 is 5.22. The van der Waals surface area contributed by atoms with Crippen molar-refractivity contribution in [2.45, 2.75) is 25.1 Å². The van der Waals surface area contributed by atoms with E-state index < -0.39 is 6.04 Å². The molecule has 0 saturated carbocycles. The first-order valence-electron chi connectivity index (χ1n) is 6.00. The second kappa shape index (κ2) is 6.52. The zero-order valence-corrected chi connectivity index (χ0v) is 10.3. The topological polar surface area (TPSA) is 67.8 Å². The molecule has 0 fully saturated rings. The Labute approximate surface area is 111 Å². The van der Waals surface area contributed by atoms with Gasteiger partial charge in [-0.05, 0) is 17.8 Å². The van der Waals surface area contributed by atoms with Gasteiger partial charge < -0.3 is 10.1 Å². The maximum atomic E-state index is 11.9. The predicted molar refractivity (Wildman–Crippen MR) is 68.8 cm³/mol. The molecule has 0 spiro atoms. The number of aliphatic imine (C=N–C) groups is 1. The summed E-state index contributed by atoms with van der Waals surface area (Å²) in [6, 6.07) is 8.67. The van der Waals surface area contributed by atoms with Gasteiger partial charge in [0.15, 0.2) is 0 Å². The maximum absolute atomic E-state index is 11.9. The molecule has 0 amide bonds. The highest BCUT2D eigenvalue weighted by Gasteiger charge is 2.24. The number of isocyanates is 1. The minimum Gasteiger partial charge on any atom is -0.459 e. The number of ether oxygens (including phenoxy) is 1. The molecule has 0 radical (unpaired) electrons. The lowest BCUT2D eigenvalue weighted by Gasteiger charge is -2.21. The summed E-state index contributed by atoms with van der Waals surface area (Å²) in [4.78, 5) is 25.7. The van der Waals surface area contributed by atoms with E-state index in [1.807, 2.05) is 30.3 Å². The molecule has 1 N–H and O–H groups in total. The Bertz CT molecular complexity index is 507. The molecular weight excluding hydrogens is 244 g/mol. The molecule has 2 unspecified atom stereocenters. The number of benzene rings is 1. The lowest BCUT2D eigenvalue weighted by molar-refractivity contribution is -0.147. The molecule has 0 saturated heterocycles. The van der Waals surface area contributed by atoms with Crippen LogP contribution in [0, 0.1) is 0 Å². The van der Waals surface area contributed by atoms with Crippen molar-refractivity contribution in [2.75, 3.05) is 0 Å². The predicted octanol–water partition coefficient (Wildman–Crippen LogP) is 1.31. The molecule has 1 aliphatic rings. The second-order valence-corrected chi connectivity index (χ2v) is 4.20. The quantitative estimate of drug-likeness (QED) is 0.502. The first-order valence-corrected chi connectivity index (χ1v) is 6.00. The third kappa shape index (κ3) is 3.79. The molecule has 0 aromatic heterocycles. The van der Waals surface area contributed by atoms with Crippen molar-refractivity contribution in [3.8, 4) is 0 Å². The molecule has 5 nitrogen and oxygen atoms in total. The van der Waals surface area contributed by atoms with Gasteiger partial charge in [0.25, 0.3) is 0 Å². The van der Waals surface area contributed by atoms with Gasteiger partial charge in [0.05, 0.1) is 6.04 Å². The number of nitrogens with one attached hydrogen (secondary N) is 1. The Hall–Kier alpha value is -2.39. The van der Waals surface area contributed by atoms with Crippen molar-refractivity contribution in [2.24, 2.45) is 4.99 Å². The van der Waals surface area contributed by atoms with E-state index in [2.05, 4.69) is 10.3 Å². The summed E-state index contributed by atoms with van der Waals surface area (Å²) in [5.74, 6) is -0.348. The number of rotatable bonds is 4. The summed E-state index contributed by atoms with van der Waals surface area (Å²) in [6.45, 7) is 0.239. The lowest BCUT2D eigenvalue weighted by Crippen LogP contribution is -2.39. The maximum Gasteiger partial charge on any atom is 0.328 e. The van der Waals surface area contributed by atoms with E-state index in [9.17, 15) is 9.59 Å². The van der Waals surface area contributed by atoms with E-state index >= 15 is 0 Å². The summed E-state index contributed by atoms with van der Waals surface area (Å²) in [6.07, 6.45) is 5.23. The number of esters is 1. The number of hydrogen-bond donors (Lipinski definition) is 1. The van der Waals surface area contributed by atoms with Gasteiger partial charge in [0, 0.05) is 6.42 Å². The first-order chi connectivity index (χ1) is 9.29. The van der Waals surface area contributed by atoms with Crippen molar-refractivity contribution in [1.82, 2.24) is 5.32 Å². The molecule has 98 valence electrons. The number of hydrogen-bond acceptors (Lipinski definition) is 5. The van der Waals surface area contributed by atoms with Crippen molar-refractivity contribution in [3.05, 3.63) is 48.2 Å². The van der Waals surface area contributed by atoms with E-state index in [0.29, 0.717) is 6.42 Å². The molecule has 1 heterocycles. The van der Waals surface area contributed by atoms with E-state index in [0.717, 1.165) is 5.56 Å².